The number of benzene rings is 2. The number of thiophene rings is 1. The fourth-order valence-corrected chi connectivity index (χ4v) is 4.80. The van der Waals surface area contributed by atoms with Crippen LogP contribution in [-0.2, 0) is 13.1 Å². The number of nitro groups is 1. The van der Waals surface area contributed by atoms with Crippen molar-refractivity contribution in [3.63, 3.8) is 0 Å². The minimum absolute atomic E-state index is 0.224. The molecule has 3 heterocycles. The van der Waals surface area contributed by atoms with Crippen LogP contribution in [0.25, 0.3) is 10.9 Å². The second-order valence-corrected chi connectivity index (χ2v) is 9.62. The van der Waals surface area contributed by atoms with Gasteiger partial charge in [0.1, 0.15) is 4.88 Å². The number of aromatic nitrogens is 2. The Hall–Kier alpha value is -5.29. The lowest BCUT2D eigenvalue weighted by atomic mass is 10.1. The van der Waals surface area contributed by atoms with Gasteiger partial charge < -0.3 is 21.3 Å². The van der Waals surface area contributed by atoms with Crippen LogP contribution in [0, 0.1) is 10.1 Å². The molecule has 11 heteroatoms. The molecule has 0 saturated carbocycles. The largest absolute Gasteiger partial charge is 0.380 e. The van der Waals surface area contributed by atoms with Crippen molar-refractivity contribution in [3.05, 3.63) is 135 Å². The van der Waals surface area contributed by atoms with Crippen LogP contribution in [-0.4, -0.2) is 20.8 Å². The van der Waals surface area contributed by atoms with Gasteiger partial charge in [-0.2, -0.15) is 0 Å². The number of amides is 1. The van der Waals surface area contributed by atoms with E-state index in [4.69, 9.17) is 0 Å². The second-order valence-electron chi connectivity index (χ2n) is 8.70. The molecule has 1 amide bonds. The molecule has 0 fully saturated rings. The van der Waals surface area contributed by atoms with Crippen molar-refractivity contribution in [3.8, 4) is 0 Å². The zero-order valence-electron chi connectivity index (χ0n) is 21.2. The topological polar surface area (TPSA) is 134 Å². The van der Waals surface area contributed by atoms with E-state index in [9.17, 15) is 14.9 Å². The lowest BCUT2D eigenvalue weighted by Crippen LogP contribution is -2.20. The van der Waals surface area contributed by atoms with Crippen LogP contribution in [0.15, 0.2) is 109 Å². The van der Waals surface area contributed by atoms with E-state index in [0.29, 0.717) is 29.3 Å². The van der Waals surface area contributed by atoms with Crippen molar-refractivity contribution >= 4 is 45.2 Å². The van der Waals surface area contributed by atoms with Crippen molar-refractivity contribution in [2.45, 2.75) is 13.1 Å². The van der Waals surface area contributed by atoms with Gasteiger partial charge in [-0.15, -0.1) is 11.3 Å². The number of fused-ring (bicyclic) bond motifs is 1. The van der Waals surface area contributed by atoms with Gasteiger partial charge in [0, 0.05) is 48.4 Å². The number of nitrogens with zero attached hydrogens (tertiary/aromatic N) is 3. The highest BCUT2D eigenvalue weighted by molar-refractivity contribution is 7.12. The van der Waals surface area contributed by atoms with Crippen LogP contribution >= 0.6 is 11.3 Å². The normalized spacial score (nSPS) is 11.2. The molecule has 0 spiro atoms. The molecule has 5 aromatic rings. The summed E-state index contributed by atoms with van der Waals surface area (Å²) < 4.78 is 0. The van der Waals surface area contributed by atoms with Gasteiger partial charge in [0.2, 0.25) is 0 Å². The summed E-state index contributed by atoms with van der Waals surface area (Å²) in [6, 6.07) is 22.4. The maximum Gasteiger partial charge on any atom is 0.274 e. The van der Waals surface area contributed by atoms with E-state index in [1.807, 2.05) is 47.8 Å². The lowest BCUT2D eigenvalue weighted by Gasteiger charge is -2.13. The number of para-hydroxylation sites is 1. The Kier molecular flexibility index (Phi) is 8.23. The number of hydrogen-bond acceptors (Lipinski definition) is 9. The van der Waals surface area contributed by atoms with E-state index < -0.39 is 4.92 Å². The summed E-state index contributed by atoms with van der Waals surface area (Å²) in [7, 11) is 0. The van der Waals surface area contributed by atoms with Crippen molar-refractivity contribution in [1.82, 2.24) is 15.3 Å². The predicted molar refractivity (Wildman–Crippen MR) is 158 cm³/mol. The Morgan fingerprint density at radius 1 is 0.925 bits per heavy atom. The average molecular weight is 552 g/mol. The molecule has 0 radical (unpaired) electrons. The van der Waals surface area contributed by atoms with Gasteiger partial charge in [-0.25, -0.2) is 0 Å². The first-order valence-electron chi connectivity index (χ1n) is 12.4. The molecule has 0 aliphatic heterocycles. The number of carbonyl (C=O) groups is 1. The fourth-order valence-electron chi connectivity index (χ4n) is 4.03. The van der Waals surface area contributed by atoms with Crippen LogP contribution < -0.4 is 21.3 Å². The van der Waals surface area contributed by atoms with Crippen LogP contribution in [0.1, 0.15) is 20.8 Å². The maximum atomic E-state index is 13.1. The first-order valence-corrected chi connectivity index (χ1v) is 13.2. The first kappa shape index (κ1) is 26.3. The summed E-state index contributed by atoms with van der Waals surface area (Å²) in [6.45, 7) is 0.915. The van der Waals surface area contributed by atoms with Crippen LogP contribution in [0.3, 0.4) is 0 Å². The van der Waals surface area contributed by atoms with E-state index in [2.05, 4.69) is 31.2 Å². The van der Waals surface area contributed by atoms with Crippen molar-refractivity contribution < 1.29 is 9.72 Å². The maximum absolute atomic E-state index is 13.1. The molecule has 5 rings (SSSR count). The SMILES string of the molecule is O=C(Nc1ccc(N/C(=C\[N+](=O)[O-])NCc2cccnc2)cc1)c1sccc1NCc1ccnc2ccccc12. The van der Waals surface area contributed by atoms with Crippen LogP contribution in [0.5, 0.6) is 0 Å². The summed E-state index contributed by atoms with van der Waals surface area (Å²) in [5, 5.41) is 26.3. The van der Waals surface area contributed by atoms with Gasteiger partial charge in [-0.3, -0.25) is 24.9 Å². The molecule has 0 aliphatic carbocycles. The molecule has 2 aromatic carbocycles. The Morgan fingerprint density at radius 2 is 1.73 bits per heavy atom. The second kappa shape index (κ2) is 12.5. The minimum atomic E-state index is -0.531. The van der Waals surface area contributed by atoms with E-state index in [-0.39, 0.29) is 11.7 Å². The van der Waals surface area contributed by atoms with Crippen LogP contribution in [0.4, 0.5) is 17.1 Å². The molecule has 3 aromatic heterocycles. The third-order valence-electron chi connectivity index (χ3n) is 5.94. The van der Waals surface area contributed by atoms with Crippen molar-refractivity contribution in [2.24, 2.45) is 0 Å². The minimum Gasteiger partial charge on any atom is -0.380 e. The highest BCUT2D eigenvalue weighted by Gasteiger charge is 2.14. The van der Waals surface area contributed by atoms with Gasteiger partial charge in [-0.05, 0) is 65.0 Å². The van der Waals surface area contributed by atoms with E-state index in [1.165, 1.54) is 11.3 Å². The zero-order chi connectivity index (χ0) is 27.7. The number of nitrogens with one attached hydrogen (secondary N) is 4. The van der Waals surface area contributed by atoms with Crippen molar-refractivity contribution in [2.75, 3.05) is 16.0 Å². The highest BCUT2D eigenvalue weighted by Crippen LogP contribution is 2.26. The molecule has 0 saturated heterocycles. The quantitative estimate of drug-likeness (QED) is 0.119. The summed E-state index contributed by atoms with van der Waals surface area (Å²) >= 11 is 1.35. The Bertz CT molecular complexity index is 1650. The monoisotopic (exact) mass is 551 g/mol. The average Bonchev–Trinajstić information content (AvgIpc) is 3.45. The molecule has 0 unspecified atom stereocenters. The number of hydrogen-bond donors (Lipinski definition) is 4. The number of anilines is 3. The van der Waals surface area contributed by atoms with Gasteiger partial charge in [0.25, 0.3) is 12.1 Å². The third kappa shape index (κ3) is 6.77. The van der Waals surface area contributed by atoms with Crippen LogP contribution in [0.2, 0.25) is 0 Å². The zero-order valence-corrected chi connectivity index (χ0v) is 22.0. The van der Waals surface area contributed by atoms with Crippen molar-refractivity contribution in [1.29, 1.82) is 0 Å². The van der Waals surface area contributed by atoms with E-state index in [1.54, 1.807) is 48.9 Å². The standard InChI is InChI=1S/C29H25N7O3S/c37-29(28-26(12-15-40-28)32-18-21-11-14-31-25-6-2-1-5-24(21)25)35-23-9-7-22(8-10-23)34-27(19-36(38)39)33-17-20-4-3-13-30-16-20/h1-16,19,32-34H,17-18H2,(H,35,37)/b27-19-. The van der Waals surface area contributed by atoms with Gasteiger partial charge >= 0.3 is 0 Å². The number of carbonyl (C=O) groups excluding carboxylic acids is 1. The van der Waals surface area contributed by atoms with E-state index in [0.717, 1.165) is 33.9 Å². The first-order chi connectivity index (χ1) is 19.5. The third-order valence-corrected chi connectivity index (χ3v) is 6.86. The predicted octanol–water partition coefficient (Wildman–Crippen LogP) is 5.83. The summed E-state index contributed by atoms with van der Waals surface area (Å²) in [5.74, 6) is -0.00761. The fraction of sp³-hybridized carbons (Fsp3) is 0.0690. The van der Waals surface area contributed by atoms with Gasteiger partial charge in [0.15, 0.2) is 5.82 Å². The molecular weight excluding hydrogens is 526 g/mol. The Balaban J connectivity index is 1.20. The number of pyridine rings is 2. The molecule has 10 nitrogen and oxygen atoms in total. The smallest absolute Gasteiger partial charge is 0.274 e. The lowest BCUT2D eigenvalue weighted by molar-refractivity contribution is -0.403. The molecule has 0 bridgehead atoms. The molecule has 0 atom stereocenters. The molecular formula is C29H25N7O3S. The number of rotatable bonds is 11. The molecule has 0 aliphatic rings. The van der Waals surface area contributed by atoms with E-state index >= 15 is 0 Å². The summed E-state index contributed by atoms with van der Waals surface area (Å²) in [6.07, 6.45) is 6.00. The van der Waals surface area contributed by atoms with Gasteiger partial charge in [-0.1, -0.05) is 24.3 Å². The highest BCUT2D eigenvalue weighted by atomic mass is 32.1. The molecule has 4 N–H and O–H groups in total. The summed E-state index contributed by atoms with van der Waals surface area (Å²) in [4.78, 5) is 32.6. The summed E-state index contributed by atoms with van der Waals surface area (Å²) in [5.41, 5.74) is 4.86. The van der Waals surface area contributed by atoms with Gasteiger partial charge in [0.05, 0.1) is 16.1 Å². The Morgan fingerprint density at radius 3 is 2.50 bits per heavy atom. The Labute approximate surface area is 234 Å². The molecule has 40 heavy (non-hydrogen) atoms. The molecule has 200 valence electrons.